The lowest BCUT2D eigenvalue weighted by Gasteiger charge is -2.13. The summed E-state index contributed by atoms with van der Waals surface area (Å²) in [7, 11) is 0. The Kier molecular flexibility index (Phi) is 2.42. The molecule has 1 N–H and O–H groups in total. The number of hydrogen-bond acceptors (Lipinski definition) is 3. The van der Waals surface area contributed by atoms with E-state index in [4.69, 9.17) is 5.11 Å². The van der Waals surface area contributed by atoms with Gasteiger partial charge < -0.3 is 5.11 Å². The van der Waals surface area contributed by atoms with E-state index in [9.17, 15) is 4.79 Å². The first kappa shape index (κ1) is 7.24. The van der Waals surface area contributed by atoms with Crippen LogP contribution >= 0.6 is 0 Å². The molecule has 1 unspecified atom stereocenters. The average Bonchev–Trinajstić information content (AvgIpc) is 1.88. The Bertz CT molecular complexity index is 152. The maximum Gasteiger partial charge on any atom is 0.306 e. The molecule has 0 saturated heterocycles. The standard InChI is InChI=1S/C6H8O4/c7-6(8)4-5-2-1-3-9-10-5/h1-2,5H,3-4H2,(H,7,8). The molecule has 0 aromatic rings. The molecule has 0 saturated carbocycles. The summed E-state index contributed by atoms with van der Waals surface area (Å²) >= 11 is 0. The third-order valence-electron chi connectivity index (χ3n) is 1.08. The van der Waals surface area contributed by atoms with Crippen LogP contribution in [0.25, 0.3) is 0 Å². The molecule has 4 nitrogen and oxygen atoms in total. The van der Waals surface area contributed by atoms with E-state index in [1.54, 1.807) is 12.2 Å². The second kappa shape index (κ2) is 3.34. The van der Waals surface area contributed by atoms with Crippen LogP contribution in [-0.4, -0.2) is 23.8 Å². The highest BCUT2D eigenvalue weighted by Crippen LogP contribution is 2.05. The summed E-state index contributed by atoms with van der Waals surface area (Å²) in [5, 5.41) is 8.30. The Morgan fingerprint density at radius 3 is 3.10 bits per heavy atom. The Morgan fingerprint density at radius 2 is 2.60 bits per heavy atom. The molecule has 56 valence electrons. The highest BCUT2D eigenvalue weighted by Gasteiger charge is 2.13. The molecule has 1 aliphatic rings. The Balaban J connectivity index is 2.33. The zero-order valence-corrected chi connectivity index (χ0v) is 5.32. The van der Waals surface area contributed by atoms with Crippen molar-refractivity contribution in [3.05, 3.63) is 12.2 Å². The Morgan fingerprint density at radius 1 is 1.80 bits per heavy atom. The van der Waals surface area contributed by atoms with E-state index < -0.39 is 12.1 Å². The van der Waals surface area contributed by atoms with E-state index in [1.807, 2.05) is 0 Å². The first-order valence-electron chi connectivity index (χ1n) is 2.96. The zero-order chi connectivity index (χ0) is 7.40. The predicted octanol–water partition coefficient (Wildman–Crippen LogP) is 0.348. The lowest BCUT2D eigenvalue weighted by molar-refractivity contribution is -0.313. The molecule has 0 bridgehead atoms. The van der Waals surface area contributed by atoms with E-state index in [2.05, 4.69) is 9.78 Å². The summed E-state index contributed by atoms with van der Waals surface area (Å²) in [5.41, 5.74) is 0. The van der Waals surface area contributed by atoms with Gasteiger partial charge in [0.2, 0.25) is 0 Å². The van der Waals surface area contributed by atoms with E-state index in [0.717, 1.165) is 0 Å². The number of rotatable bonds is 2. The van der Waals surface area contributed by atoms with Crippen molar-refractivity contribution in [1.29, 1.82) is 0 Å². The molecule has 1 heterocycles. The van der Waals surface area contributed by atoms with Crippen LogP contribution in [0.4, 0.5) is 0 Å². The van der Waals surface area contributed by atoms with Crippen molar-refractivity contribution in [2.75, 3.05) is 6.61 Å². The molecular weight excluding hydrogens is 136 g/mol. The van der Waals surface area contributed by atoms with Crippen molar-refractivity contribution < 1.29 is 19.7 Å². The van der Waals surface area contributed by atoms with Crippen molar-refractivity contribution in [2.24, 2.45) is 0 Å². The molecule has 0 spiro atoms. The number of carboxylic acids is 1. The van der Waals surface area contributed by atoms with Gasteiger partial charge in [0.05, 0.1) is 6.42 Å². The molecular formula is C6H8O4. The minimum atomic E-state index is -0.889. The van der Waals surface area contributed by atoms with Crippen LogP contribution in [0.3, 0.4) is 0 Å². The maximum atomic E-state index is 10.1. The van der Waals surface area contributed by atoms with Gasteiger partial charge in [0.15, 0.2) is 0 Å². The van der Waals surface area contributed by atoms with E-state index in [0.29, 0.717) is 6.61 Å². The molecule has 4 heteroatoms. The van der Waals surface area contributed by atoms with Crippen LogP contribution in [-0.2, 0) is 14.6 Å². The monoisotopic (exact) mass is 144 g/mol. The number of carbonyl (C=O) groups is 1. The molecule has 10 heavy (non-hydrogen) atoms. The second-order valence-electron chi connectivity index (χ2n) is 1.95. The quantitative estimate of drug-likeness (QED) is 0.448. The third-order valence-corrected chi connectivity index (χ3v) is 1.08. The van der Waals surface area contributed by atoms with Crippen LogP contribution in [0.15, 0.2) is 12.2 Å². The summed E-state index contributed by atoms with van der Waals surface area (Å²) in [4.78, 5) is 19.3. The molecule has 0 fully saturated rings. The maximum absolute atomic E-state index is 10.1. The fourth-order valence-electron chi connectivity index (χ4n) is 0.680. The lowest BCUT2D eigenvalue weighted by Crippen LogP contribution is -2.18. The van der Waals surface area contributed by atoms with Crippen molar-refractivity contribution in [3.8, 4) is 0 Å². The average molecular weight is 144 g/mol. The molecule has 0 radical (unpaired) electrons. The van der Waals surface area contributed by atoms with Crippen molar-refractivity contribution in [3.63, 3.8) is 0 Å². The first-order chi connectivity index (χ1) is 4.79. The number of aliphatic carboxylic acids is 1. The fourth-order valence-corrected chi connectivity index (χ4v) is 0.680. The molecule has 0 aromatic heterocycles. The highest BCUT2D eigenvalue weighted by atomic mass is 17.2. The van der Waals surface area contributed by atoms with Gasteiger partial charge in [0.25, 0.3) is 0 Å². The molecule has 1 rings (SSSR count). The van der Waals surface area contributed by atoms with E-state index in [1.165, 1.54) is 0 Å². The molecule has 0 aliphatic carbocycles. The third kappa shape index (κ3) is 2.16. The molecule has 1 atom stereocenters. The van der Waals surface area contributed by atoms with Gasteiger partial charge in [-0.05, 0) is 0 Å². The summed E-state index contributed by atoms with van der Waals surface area (Å²) in [6, 6.07) is 0. The first-order valence-corrected chi connectivity index (χ1v) is 2.96. The van der Waals surface area contributed by atoms with Gasteiger partial charge in [-0.1, -0.05) is 12.2 Å². The van der Waals surface area contributed by atoms with Gasteiger partial charge in [0, 0.05) is 0 Å². The van der Waals surface area contributed by atoms with E-state index in [-0.39, 0.29) is 6.42 Å². The summed E-state index contributed by atoms with van der Waals surface area (Å²) in [6.07, 6.45) is 2.94. The smallest absolute Gasteiger partial charge is 0.306 e. The Hall–Kier alpha value is -0.870. The van der Waals surface area contributed by atoms with Crippen molar-refractivity contribution >= 4 is 5.97 Å². The van der Waals surface area contributed by atoms with Crippen LogP contribution in [0, 0.1) is 0 Å². The van der Waals surface area contributed by atoms with Gasteiger partial charge >= 0.3 is 5.97 Å². The van der Waals surface area contributed by atoms with Crippen LogP contribution in [0.2, 0.25) is 0 Å². The van der Waals surface area contributed by atoms with Gasteiger partial charge in [-0.3, -0.25) is 4.79 Å². The molecule has 1 aliphatic heterocycles. The predicted molar refractivity (Wildman–Crippen MR) is 32.2 cm³/mol. The molecule has 0 amide bonds. The summed E-state index contributed by atoms with van der Waals surface area (Å²) in [6.45, 7) is 0.399. The molecule has 0 aromatic carbocycles. The van der Waals surface area contributed by atoms with Gasteiger partial charge in [-0.25, -0.2) is 9.78 Å². The van der Waals surface area contributed by atoms with E-state index >= 15 is 0 Å². The zero-order valence-electron chi connectivity index (χ0n) is 5.32. The minimum Gasteiger partial charge on any atom is -0.481 e. The summed E-state index contributed by atoms with van der Waals surface area (Å²) < 4.78 is 0. The highest BCUT2D eigenvalue weighted by molar-refractivity contribution is 5.67. The van der Waals surface area contributed by atoms with Gasteiger partial charge in [-0.15, -0.1) is 0 Å². The minimum absolute atomic E-state index is 0.0451. The van der Waals surface area contributed by atoms with Crippen LogP contribution in [0.5, 0.6) is 0 Å². The number of hydrogen-bond donors (Lipinski definition) is 1. The van der Waals surface area contributed by atoms with Crippen molar-refractivity contribution in [1.82, 2.24) is 0 Å². The SMILES string of the molecule is O=C(O)CC1C=CCOO1. The number of carboxylic acid groups (broad SMARTS) is 1. The van der Waals surface area contributed by atoms with Crippen molar-refractivity contribution in [2.45, 2.75) is 12.5 Å². The normalized spacial score (nSPS) is 24.6. The lowest BCUT2D eigenvalue weighted by atomic mass is 10.2. The second-order valence-corrected chi connectivity index (χ2v) is 1.95. The van der Waals surface area contributed by atoms with Crippen LogP contribution in [0.1, 0.15) is 6.42 Å². The van der Waals surface area contributed by atoms with Gasteiger partial charge in [0.1, 0.15) is 12.7 Å². The summed E-state index contributed by atoms with van der Waals surface area (Å²) in [5.74, 6) is -0.889. The largest absolute Gasteiger partial charge is 0.481 e. The van der Waals surface area contributed by atoms with Gasteiger partial charge in [-0.2, -0.15) is 0 Å². The topological polar surface area (TPSA) is 55.8 Å². The Labute approximate surface area is 58.0 Å². The van der Waals surface area contributed by atoms with Crippen LogP contribution < -0.4 is 0 Å². The fraction of sp³-hybridized carbons (Fsp3) is 0.500.